The second kappa shape index (κ2) is 50.1. The first-order valence-electron chi connectivity index (χ1n) is 43.7. The third kappa shape index (κ3) is 29.3. The van der Waals surface area contributed by atoms with Gasteiger partial charge in [-0.2, -0.15) is 0 Å². The van der Waals surface area contributed by atoms with E-state index in [0.29, 0.717) is 69.9 Å². The van der Waals surface area contributed by atoms with E-state index in [1.165, 1.54) is 47.6 Å². The molecule has 8 rings (SSSR count). The zero-order chi connectivity index (χ0) is 95.0. The zero-order valence-electron chi connectivity index (χ0n) is 74.8. The van der Waals surface area contributed by atoms with Crippen LogP contribution in [-0.2, 0) is 102 Å². The smallest absolute Gasteiger partial charge is 0.248 e. The predicted molar refractivity (Wildman–Crippen MR) is 483 cm³/mol. The molecule has 0 bridgehead atoms. The monoisotopic (exact) mass is 1820 g/mol. The van der Waals surface area contributed by atoms with Gasteiger partial charge in [0.05, 0.1) is 38.4 Å². The molecule has 0 saturated carbocycles. The zero-order valence-corrected chi connectivity index (χ0v) is 75.7. The highest BCUT2D eigenvalue weighted by Crippen LogP contribution is 2.26. The first-order chi connectivity index (χ1) is 62.1. The molecule has 21 N–H and O–H groups in total. The van der Waals surface area contributed by atoms with Crippen molar-refractivity contribution >= 4 is 134 Å². The number of aliphatic hydroxyl groups excluding tert-OH is 2. The molecule has 0 spiro atoms. The fourth-order valence-corrected chi connectivity index (χ4v) is 16.4. The highest BCUT2D eigenvalue weighted by atomic mass is 32.2. The Morgan fingerprint density at radius 3 is 1.67 bits per heavy atom. The molecule has 130 heavy (non-hydrogen) atoms. The standard InChI is InChI=1S/C88H125N23O18S/c1-10-12-30-69-81(123)100-60(29-21-33-93-88(90)91)77(119)106-68(76(118)96-43-72(89)114)47-130-48-74(116)99-64(36-52-23-15-14-16-24-52)84(126)108(7)51(5)75(117)105-67(46-113)86(128)111-34-22-32-70(111)82(124)101-62(39-55-42-92-49-97-55)79(121)102-63(35-50(3)4)83(125)107(6)44-73(115)98-61(37-53-40-94-58-27-19-17-25-56(53)58)78(120)104-66(45-112)80(122)103-65(38-54-41-95-59-28-20-18-26-57(54)59)85(127)110(9)71(31-13-11-2)87(129)109(69)8/h14-20,23-28,40-42,49-51,60-71,94-95,112-113H,10-13,21-22,29-39,43-48H2,1-9H3,(H2,89,114)(H,92,97)(H,96,118)(H,98,115)(H,99,116)(H,100,123)(H,101,124)(H,102,121)(H,103,122)(H,104,120)(H,105,117)(H,106,119)(H4,90,91,93)/t51-,60-,61-,62-,63-,64-,65-,66-,67-,68-,69-,70-,71-/m0/s1. The van der Waals surface area contributed by atoms with Crippen LogP contribution in [0.25, 0.3) is 21.8 Å². The van der Waals surface area contributed by atoms with Gasteiger partial charge in [-0.15, -0.1) is 11.8 Å². The molecular weight excluding hydrogens is 1700 g/mol. The molecule has 2 fully saturated rings. The number of carbonyl (C=O) groups excluding carboxylic acids is 16. The van der Waals surface area contributed by atoms with Gasteiger partial charge >= 0.3 is 0 Å². The maximum atomic E-state index is 15.7. The number of benzene rings is 3. The summed E-state index contributed by atoms with van der Waals surface area (Å²) in [6.07, 6.45) is 7.03. The number of thioether (sulfide) groups is 1. The van der Waals surface area contributed by atoms with Crippen LogP contribution < -0.4 is 70.0 Å². The van der Waals surface area contributed by atoms with Gasteiger partial charge < -0.3 is 120 Å². The van der Waals surface area contributed by atoms with Crippen molar-refractivity contribution in [3.8, 4) is 0 Å². The van der Waals surface area contributed by atoms with Crippen LogP contribution in [0.15, 0.2) is 104 Å². The Labute approximate surface area is 757 Å². The fraction of sp³-hybridized carbons (Fsp3) is 0.523. The lowest BCUT2D eigenvalue weighted by atomic mass is 10.00. The number of hydrogen-bond acceptors (Lipinski definition) is 21. The summed E-state index contributed by atoms with van der Waals surface area (Å²) in [6.45, 7) is 5.06. The second-order valence-corrected chi connectivity index (χ2v) is 34.2. The number of nitrogens with zero attached hydrogens (tertiary/aromatic N) is 6. The van der Waals surface area contributed by atoms with E-state index in [0.717, 1.165) is 36.3 Å². The topological polar surface area (TPSA) is 598 Å². The van der Waals surface area contributed by atoms with Gasteiger partial charge in [-0.1, -0.05) is 120 Å². The average molecular weight is 1830 g/mol. The molecule has 41 nitrogen and oxygen atoms in total. The number of nitrogens with one attached hydrogen (secondary N) is 15. The Bertz CT molecular complexity index is 4930. The lowest BCUT2D eigenvalue weighted by molar-refractivity contribution is -0.149. The molecular formula is C88H125N23O18S. The quantitative estimate of drug-likeness (QED) is 0.0167. The van der Waals surface area contributed by atoms with E-state index < -0.39 is 217 Å². The molecule has 3 aromatic carbocycles. The molecule has 0 aliphatic carbocycles. The number of hydrogen-bond donors (Lipinski definition) is 19. The number of carbonyl (C=O) groups is 16. The van der Waals surface area contributed by atoms with Crippen LogP contribution in [0.2, 0.25) is 0 Å². The molecule has 13 atom stereocenters. The minimum atomic E-state index is -1.84. The summed E-state index contributed by atoms with van der Waals surface area (Å²) in [7, 11) is 5.28. The number of nitrogens with two attached hydrogens (primary N) is 2. The number of amides is 16. The van der Waals surface area contributed by atoms with Gasteiger partial charge in [0.15, 0.2) is 5.96 Å². The fourth-order valence-electron chi connectivity index (χ4n) is 15.6. The number of likely N-dealkylation sites (N-methyl/N-ethyl adjacent to an activating group) is 4. The Morgan fingerprint density at radius 1 is 0.538 bits per heavy atom. The van der Waals surface area contributed by atoms with Gasteiger partial charge in [-0.25, -0.2) is 4.98 Å². The van der Waals surface area contributed by atoms with Crippen molar-refractivity contribution in [1.82, 2.24) is 103 Å². The van der Waals surface area contributed by atoms with Gasteiger partial charge in [0.2, 0.25) is 94.5 Å². The molecule has 6 aromatic rings. The summed E-state index contributed by atoms with van der Waals surface area (Å²) in [5, 5.41) is 60.2. The lowest BCUT2D eigenvalue weighted by Crippen LogP contribution is -2.61. The maximum Gasteiger partial charge on any atom is 0.248 e. The maximum absolute atomic E-state index is 15.7. The Balaban J connectivity index is 1.17. The number of primary amides is 1. The van der Waals surface area contributed by atoms with Crippen molar-refractivity contribution in [1.29, 1.82) is 5.41 Å². The Morgan fingerprint density at radius 2 is 1.07 bits per heavy atom. The molecule has 42 heteroatoms. The summed E-state index contributed by atoms with van der Waals surface area (Å²) in [5.74, 6) is -15.8. The number of aromatic amines is 3. The van der Waals surface area contributed by atoms with E-state index in [-0.39, 0.29) is 89.6 Å². The minimum absolute atomic E-state index is 0.00317. The molecule has 16 amide bonds. The first kappa shape index (κ1) is 102. The van der Waals surface area contributed by atoms with Crippen LogP contribution in [0, 0.1) is 11.3 Å². The van der Waals surface area contributed by atoms with Crippen LogP contribution in [0.5, 0.6) is 0 Å². The Hall–Kier alpha value is -13.0. The Kier molecular flexibility index (Phi) is 39.5. The number of para-hydroxylation sites is 2. The van der Waals surface area contributed by atoms with E-state index in [9.17, 15) is 63.0 Å². The molecule has 2 aliphatic heterocycles. The molecule has 2 saturated heterocycles. The molecule has 0 unspecified atom stereocenters. The van der Waals surface area contributed by atoms with Crippen LogP contribution >= 0.6 is 11.8 Å². The molecule has 706 valence electrons. The van der Waals surface area contributed by atoms with E-state index in [2.05, 4.69) is 78.4 Å². The van der Waals surface area contributed by atoms with Gasteiger partial charge in [-0.3, -0.25) is 82.1 Å². The van der Waals surface area contributed by atoms with Gasteiger partial charge in [0.1, 0.15) is 78.5 Å². The number of rotatable bonds is 25. The molecule has 0 radical (unpaired) electrons. The van der Waals surface area contributed by atoms with Gasteiger partial charge in [0, 0.05) is 119 Å². The number of fused-ring (bicyclic) bond motifs is 3. The summed E-state index contributed by atoms with van der Waals surface area (Å²) >= 11 is 0.807. The number of unbranched alkanes of at least 4 members (excludes halogenated alkanes) is 2. The van der Waals surface area contributed by atoms with Crippen LogP contribution in [0.1, 0.15) is 128 Å². The van der Waals surface area contributed by atoms with Crippen LogP contribution in [-0.4, -0.2) is 313 Å². The van der Waals surface area contributed by atoms with Crippen molar-refractivity contribution in [3.05, 3.63) is 126 Å². The third-order valence-electron chi connectivity index (χ3n) is 22.9. The summed E-state index contributed by atoms with van der Waals surface area (Å²) in [6, 6.07) is 3.26. The SMILES string of the molecule is CCCC[C@H]1C(=O)N(C)[C@@H](CCCC)C(=O)N[C@@H](CCCNC(=N)N)C(=O)N[C@H](C(=O)NCC(N)=O)CSCC(=O)N[C@@H](Cc2ccccc2)C(=O)N(C)[C@@H](C)C(=O)N[C@@H](CO)C(=O)N2CCC[C@H]2C(=O)N[C@@H](Cc2cnc[nH]2)C(=O)N[C@@H](CC(C)C)C(=O)N(C)CC(=O)N[C@@H](Cc2c[nH]c3ccccc23)C(=O)N[C@@H](CO)C(=O)N[C@@H](Cc2c[nH]c3ccccc23)C(=O)N1C. The van der Waals surface area contributed by atoms with Gasteiger partial charge in [0.25, 0.3) is 0 Å². The largest absolute Gasteiger partial charge is 0.394 e. The second-order valence-electron chi connectivity index (χ2n) is 33.2. The molecule has 5 heterocycles. The average Bonchev–Trinajstić information content (AvgIpc) is 1.42. The normalized spacial score (nSPS) is 23.7. The van der Waals surface area contributed by atoms with Crippen molar-refractivity contribution in [2.24, 2.45) is 17.4 Å². The van der Waals surface area contributed by atoms with Crippen molar-refractivity contribution in [2.45, 2.75) is 209 Å². The van der Waals surface area contributed by atoms with Crippen molar-refractivity contribution < 1.29 is 86.9 Å². The highest BCUT2D eigenvalue weighted by molar-refractivity contribution is 8.00. The van der Waals surface area contributed by atoms with Crippen molar-refractivity contribution in [2.75, 3.05) is 79.1 Å². The number of imidazole rings is 1. The summed E-state index contributed by atoms with van der Waals surface area (Å²) < 4.78 is 0. The first-order valence-corrected chi connectivity index (χ1v) is 44.8. The van der Waals surface area contributed by atoms with E-state index in [4.69, 9.17) is 16.9 Å². The number of aromatic nitrogens is 4. The summed E-state index contributed by atoms with van der Waals surface area (Å²) in [4.78, 5) is 253. The van der Waals surface area contributed by atoms with Crippen molar-refractivity contribution in [3.63, 3.8) is 0 Å². The number of aliphatic hydroxyl groups is 2. The van der Waals surface area contributed by atoms with Crippen LogP contribution in [0.4, 0.5) is 0 Å². The van der Waals surface area contributed by atoms with Gasteiger partial charge in [-0.05, 0) is 86.6 Å². The van der Waals surface area contributed by atoms with E-state index in [1.54, 1.807) is 105 Å². The van der Waals surface area contributed by atoms with Crippen LogP contribution in [0.3, 0.4) is 0 Å². The highest BCUT2D eigenvalue weighted by Gasteiger charge is 2.44. The number of guanidine groups is 1. The molecule has 3 aromatic heterocycles. The molecule has 2 aliphatic rings. The third-order valence-corrected chi connectivity index (χ3v) is 24.0. The summed E-state index contributed by atoms with van der Waals surface area (Å²) in [5.41, 5.74) is 14.4. The predicted octanol–water partition coefficient (Wildman–Crippen LogP) is -2.02. The lowest BCUT2D eigenvalue weighted by Gasteiger charge is -2.36. The van der Waals surface area contributed by atoms with E-state index in [1.807, 2.05) is 13.8 Å². The minimum Gasteiger partial charge on any atom is -0.394 e. The van der Waals surface area contributed by atoms with E-state index >= 15 is 24.0 Å². The number of H-pyrrole nitrogens is 3.